The zero-order valence-corrected chi connectivity index (χ0v) is 12.1. The van der Waals surface area contributed by atoms with Gasteiger partial charge in [0.1, 0.15) is 5.82 Å². The largest absolute Gasteiger partial charge is 0.367 e. The van der Waals surface area contributed by atoms with E-state index in [1.807, 2.05) is 24.3 Å². The molecule has 2 aromatic heterocycles. The second-order valence-corrected chi connectivity index (χ2v) is 5.26. The fourth-order valence-electron chi connectivity index (χ4n) is 1.97. The summed E-state index contributed by atoms with van der Waals surface area (Å²) in [4.78, 5) is 15.7. The van der Waals surface area contributed by atoms with Crippen LogP contribution < -0.4 is 10.6 Å². The maximum absolute atomic E-state index is 11.8. The molecule has 0 atom stereocenters. The Bertz CT molecular complexity index is 742. The molecular formula is C15H14N4OS. The van der Waals surface area contributed by atoms with Crippen LogP contribution in [0.15, 0.2) is 48.8 Å². The number of pyridine rings is 1. The molecule has 0 spiro atoms. The van der Waals surface area contributed by atoms with Crippen LogP contribution in [0.3, 0.4) is 0 Å². The summed E-state index contributed by atoms with van der Waals surface area (Å²) in [5.41, 5.74) is 0.566. The Kier molecular flexibility index (Phi) is 4.07. The topological polar surface area (TPSA) is 66.9 Å². The van der Waals surface area contributed by atoms with Crippen LogP contribution in [0.5, 0.6) is 0 Å². The molecule has 5 nitrogen and oxygen atoms in total. The van der Waals surface area contributed by atoms with Crippen LogP contribution in [-0.2, 0) is 0 Å². The maximum atomic E-state index is 11.8. The van der Waals surface area contributed by atoms with Gasteiger partial charge in [0.15, 0.2) is 0 Å². The predicted molar refractivity (Wildman–Crippen MR) is 84.7 cm³/mol. The van der Waals surface area contributed by atoms with E-state index < -0.39 is 0 Å². The quantitative estimate of drug-likeness (QED) is 0.710. The Morgan fingerprint density at radius 3 is 2.90 bits per heavy atom. The van der Waals surface area contributed by atoms with Crippen LogP contribution >= 0.6 is 11.5 Å². The van der Waals surface area contributed by atoms with Crippen molar-refractivity contribution in [2.75, 3.05) is 18.4 Å². The molecule has 3 aromatic rings. The first-order valence-corrected chi connectivity index (χ1v) is 7.38. The van der Waals surface area contributed by atoms with Crippen molar-refractivity contribution in [1.29, 1.82) is 0 Å². The molecule has 0 aliphatic rings. The van der Waals surface area contributed by atoms with E-state index in [0.717, 1.165) is 15.9 Å². The zero-order chi connectivity index (χ0) is 14.5. The molecule has 0 bridgehead atoms. The number of hydrogen-bond acceptors (Lipinski definition) is 5. The second kappa shape index (κ2) is 6.32. The summed E-state index contributed by atoms with van der Waals surface area (Å²) >= 11 is 1.47. The van der Waals surface area contributed by atoms with Crippen LogP contribution in [0.25, 0.3) is 10.1 Å². The van der Waals surface area contributed by atoms with Gasteiger partial charge in [0, 0.05) is 30.9 Å². The first-order valence-electron chi connectivity index (χ1n) is 6.61. The minimum absolute atomic E-state index is 0.118. The average molecular weight is 298 g/mol. The summed E-state index contributed by atoms with van der Waals surface area (Å²) in [5, 5.41) is 7.20. The predicted octanol–water partition coefficient (Wildman–Crippen LogP) is 2.53. The van der Waals surface area contributed by atoms with Gasteiger partial charge < -0.3 is 10.6 Å². The molecule has 6 heteroatoms. The smallest absolute Gasteiger partial charge is 0.252 e. The van der Waals surface area contributed by atoms with Crippen molar-refractivity contribution < 1.29 is 4.79 Å². The van der Waals surface area contributed by atoms with Crippen molar-refractivity contribution in [3.05, 3.63) is 54.4 Å². The number of nitrogens with one attached hydrogen (secondary N) is 2. The second-order valence-electron chi connectivity index (χ2n) is 4.45. The number of amides is 1. The molecule has 0 fully saturated rings. The molecule has 2 N–H and O–H groups in total. The van der Waals surface area contributed by atoms with Gasteiger partial charge in [-0.1, -0.05) is 12.1 Å². The Labute approximate surface area is 126 Å². The molecule has 1 aromatic carbocycles. The maximum Gasteiger partial charge on any atom is 0.252 e. The summed E-state index contributed by atoms with van der Waals surface area (Å²) < 4.78 is 5.53. The molecule has 21 heavy (non-hydrogen) atoms. The molecule has 0 saturated heterocycles. The fourth-order valence-corrected chi connectivity index (χ4v) is 2.72. The SMILES string of the molecule is O=C(NCCNc1nsc2ccccc12)c1cccnc1. The van der Waals surface area contributed by atoms with Crippen molar-refractivity contribution in [3.8, 4) is 0 Å². The van der Waals surface area contributed by atoms with E-state index in [1.165, 1.54) is 11.5 Å². The Morgan fingerprint density at radius 2 is 2.05 bits per heavy atom. The lowest BCUT2D eigenvalue weighted by atomic mass is 10.2. The highest BCUT2D eigenvalue weighted by Crippen LogP contribution is 2.25. The van der Waals surface area contributed by atoms with E-state index >= 15 is 0 Å². The van der Waals surface area contributed by atoms with Gasteiger partial charge in [-0.15, -0.1) is 0 Å². The summed E-state index contributed by atoms with van der Waals surface area (Å²) in [5.74, 6) is 0.749. The Hall–Kier alpha value is -2.47. The lowest BCUT2D eigenvalue weighted by Gasteiger charge is -2.06. The first kappa shape index (κ1) is 13.5. The van der Waals surface area contributed by atoms with Gasteiger partial charge in [-0.2, -0.15) is 4.37 Å². The van der Waals surface area contributed by atoms with Crippen LogP contribution in [0.1, 0.15) is 10.4 Å². The lowest BCUT2D eigenvalue weighted by molar-refractivity contribution is 0.0955. The third-order valence-electron chi connectivity index (χ3n) is 3.00. The number of benzene rings is 1. The minimum Gasteiger partial charge on any atom is -0.367 e. The minimum atomic E-state index is -0.118. The first-order chi connectivity index (χ1) is 10.3. The third-order valence-corrected chi connectivity index (χ3v) is 3.83. The van der Waals surface area contributed by atoms with E-state index in [0.29, 0.717) is 18.7 Å². The highest BCUT2D eigenvalue weighted by atomic mass is 32.1. The van der Waals surface area contributed by atoms with Gasteiger partial charge in [-0.25, -0.2) is 0 Å². The monoisotopic (exact) mass is 298 g/mol. The van der Waals surface area contributed by atoms with Gasteiger partial charge in [0.05, 0.1) is 10.3 Å². The molecule has 0 radical (unpaired) electrons. The van der Waals surface area contributed by atoms with E-state index in [-0.39, 0.29) is 5.91 Å². The molecule has 0 aliphatic carbocycles. The number of nitrogens with zero attached hydrogens (tertiary/aromatic N) is 2. The standard InChI is InChI=1S/C15H14N4OS/c20-15(11-4-3-7-16-10-11)18-9-8-17-14-12-5-1-2-6-13(12)21-19-14/h1-7,10H,8-9H2,(H,17,19)(H,18,20). The van der Waals surface area contributed by atoms with Gasteiger partial charge in [-0.3, -0.25) is 9.78 Å². The molecular weight excluding hydrogens is 284 g/mol. The molecule has 0 saturated carbocycles. The summed E-state index contributed by atoms with van der Waals surface area (Å²) in [6, 6.07) is 11.6. The Balaban J connectivity index is 1.52. The van der Waals surface area contributed by atoms with E-state index in [9.17, 15) is 4.79 Å². The normalized spacial score (nSPS) is 10.5. The van der Waals surface area contributed by atoms with Gasteiger partial charge in [0.2, 0.25) is 0 Å². The van der Waals surface area contributed by atoms with E-state index in [2.05, 4.69) is 20.0 Å². The molecule has 2 heterocycles. The number of carbonyl (C=O) groups is 1. The zero-order valence-electron chi connectivity index (χ0n) is 11.2. The highest BCUT2D eigenvalue weighted by molar-refractivity contribution is 7.13. The Morgan fingerprint density at radius 1 is 1.14 bits per heavy atom. The highest BCUT2D eigenvalue weighted by Gasteiger charge is 2.06. The molecule has 106 valence electrons. The lowest BCUT2D eigenvalue weighted by Crippen LogP contribution is -2.28. The van der Waals surface area contributed by atoms with Crippen LogP contribution in [0, 0.1) is 0 Å². The van der Waals surface area contributed by atoms with Crippen LogP contribution in [-0.4, -0.2) is 28.4 Å². The number of fused-ring (bicyclic) bond motifs is 1. The number of anilines is 1. The number of hydrogen-bond donors (Lipinski definition) is 2. The van der Waals surface area contributed by atoms with Crippen LogP contribution in [0.4, 0.5) is 5.82 Å². The molecule has 0 unspecified atom stereocenters. The van der Waals surface area contributed by atoms with Crippen molar-refractivity contribution in [1.82, 2.24) is 14.7 Å². The van der Waals surface area contributed by atoms with Crippen molar-refractivity contribution >= 4 is 33.3 Å². The van der Waals surface area contributed by atoms with Gasteiger partial charge in [-0.05, 0) is 35.8 Å². The summed E-state index contributed by atoms with van der Waals surface area (Å²) in [6.45, 7) is 1.15. The third kappa shape index (κ3) is 3.17. The molecule has 3 rings (SSSR count). The van der Waals surface area contributed by atoms with Crippen molar-refractivity contribution in [2.24, 2.45) is 0 Å². The average Bonchev–Trinajstić information content (AvgIpc) is 2.95. The fraction of sp³-hybridized carbons (Fsp3) is 0.133. The number of rotatable bonds is 5. The number of aromatic nitrogens is 2. The van der Waals surface area contributed by atoms with Crippen LogP contribution in [0.2, 0.25) is 0 Å². The van der Waals surface area contributed by atoms with Gasteiger partial charge >= 0.3 is 0 Å². The van der Waals surface area contributed by atoms with E-state index in [4.69, 9.17) is 0 Å². The summed E-state index contributed by atoms with van der Waals surface area (Å²) in [7, 11) is 0. The molecule has 1 amide bonds. The van der Waals surface area contributed by atoms with Crippen molar-refractivity contribution in [3.63, 3.8) is 0 Å². The summed E-state index contributed by atoms with van der Waals surface area (Å²) in [6.07, 6.45) is 3.20. The van der Waals surface area contributed by atoms with E-state index in [1.54, 1.807) is 24.5 Å². The van der Waals surface area contributed by atoms with Gasteiger partial charge in [0.25, 0.3) is 5.91 Å². The number of carbonyl (C=O) groups excluding carboxylic acids is 1. The van der Waals surface area contributed by atoms with Crippen molar-refractivity contribution in [2.45, 2.75) is 0 Å². The molecule has 0 aliphatic heterocycles.